The van der Waals surface area contributed by atoms with Crippen molar-refractivity contribution in [2.75, 3.05) is 18.6 Å². The molecule has 0 bridgehead atoms. The highest BCUT2D eigenvalue weighted by Crippen LogP contribution is 2.33. The first kappa shape index (κ1) is 22.4. The quantitative estimate of drug-likeness (QED) is 0.606. The van der Waals surface area contributed by atoms with E-state index in [1.807, 2.05) is 5.01 Å². The van der Waals surface area contributed by atoms with Crippen LogP contribution in [0, 0.1) is 23.4 Å². The summed E-state index contributed by atoms with van der Waals surface area (Å²) in [4.78, 5) is 27.4. The van der Waals surface area contributed by atoms with Gasteiger partial charge < -0.3 is 10.0 Å². The van der Waals surface area contributed by atoms with Crippen LogP contribution in [-0.2, 0) is 6.42 Å². The molecular weight excluding hydrogens is 471 g/mol. The standard InChI is InChI=1S/C22H20F3N5O3S/c1-10-3-4-17-28(2)22(33)18-20(32)19(31)13(9-30(18)29(17)8-10)21-27-26-16(34-21)7-12-14(24)5-11(23)6-15(12)25/h5-6,9-10,17,32H,3-4,7-8H2,1-2H3/t10-,17-/m0/s1. The van der Waals surface area contributed by atoms with E-state index in [0.29, 0.717) is 24.6 Å². The van der Waals surface area contributed by atoms with E-state index < -0.39 is 34.5 Å². The van der Waals surface area contributed by atoms with Gasteiger partial charge >= 0.3 is 0 Å². The van der Waals surface area contributed by atoms with Gasteiger partial charge in [0.25, 0.3) is 5.91 Å². The molecule has 34 heavy (non-hydrogen) atoms. The van der Waals surface area contributed by atoms with Crippen LogP contribution in [0.3, 0.4) is 0 Å². The summed E-state index contributed by atoms with van der Waals surface area (Å²) in [5.74, 6) is -3.94. The first-order valence-electron chi connectivity index (χ1n) is 10.6. The van der Waals surface area contributed by atoms with Crippen LogP contribution in [0.25, 0.3) is 10.6 Å². The number of hydrogen-bond acceptors (Lipinski definition) is 7. The summed E-state index contributed by atoms with van der Waals surface area (Å²) >= 11 is 0.920. The van der Waals surface area contributed by atoms with Crippen molar-refractivity contribution in [2.24, 2.45) is 5.92 Å². The number of aromatic hydroxyl groups is 1. The number of hydrogen-bond donors (Lipinski definition) is 1. The second-order valence-corrected chi connectivity index (χ2v) is 9.70. The van der Waals surface area contributed by atoms with E-state index in [2.05, 4.69) is 17.1 Å². The number of nitrogens with zero attached hydrogens (tertiary/aromatic N) is 5. The Balaban J connectivity index is 1.56. The number of rotatable bonds is 3. The lowest BCUT2D eigenvalue weighted by atomic mass is 9.97. The Bertz CT molecular complexity index is 1350. The van der Waals surface area contributed by atoms with Crippen molar-refractivity contribution in [3.63, 3.8) is 0 Å². The van der Waals surface area contributed by atoms with Crippen molar-refractivity contribution in [3.8, 4) is 16.3 Å². The van der Waals surface area contributed by atoms with E-state index in [1.54, 1.807) is 7.05 Å². The van der Waals surface area contributed by atoms with Crippen molar-refractivity contribution in [1.29, 1.82) is 0 Å². The van der Waals surface area contributed by atoms with Gasteiger partial charge in [0.2, 0.25) is 5.43 Å². The Labute approximate surface area is 195 Å². The molecule has 178 valence electrons. The zero-order valence-electron chi connectivity index (χ0n) is 18.3. The summed E-state index contributed by atoms with van der Waals surface area (Å²) in [6.45, 7) is 2.70. The number of aromatic nitrogens is 3. The van der Waals surface area contributed by atoms with Gasteiger partial charge in [-0.3, -0.25) is 19.3 Å². The molecule has 5 rings (SSSR count). The van der Waals surface area contributed by atoms with Gasteiger partial charge in [-0.1, -0.05) is 18.3 Å². The molecule has 2 atom stereocenters. The van der Waals surface area contributed by atoms with Gasteiger partial charge in [-0.25, -0.2) is 13.2 Å². The molecule has 1 fully saturated rings. The molecule has 2 aliphatic rings. The largest absolute Gasteiger partial charge is 0.502 e. The molecule has 0 spiro atoms. The van der Waals surface area contributed by atoms with Crippen LogP contribution in [0.2, 0.25) is 0 Å². The zero-order valence-corrected chi connectivity index (χ0v) is 19.1. The van der Waals surface area contributed by atoms with E-state index in [0.717, 1.165) is 24.2 Å². The Hall–Kier alpha value is -3.41. The van der Waals surface area contributed by atoms with Crippen LogP contribution >= 0.6 is 11.3 Å². The molecule has 12 heteroatoms. The minimum atomic E-state index is -1.05. The van der Waals surface area contributed by atoms with Gasteiger partial charge in [-0.05, 0) is 18.8 Å². The number of halogens is 3. The topological polar surface area (TPSA) is 91.6 Å². The molecule has 1 amide bonds. The van der Waals surface area contributed by atoms with Gasteiger partial charge in [-0.2, -0.15) is 0 Å². The number of fused-ring (bicyclic) bond motifs is 3. The maximum atomic E-state index is 14.0. The fraction of sp³-hybridized carbons (Fsp3) is 0.364. The van der Waals surface area contributed by atoms with E-state index in [9.17, 15) is 27.9 Å². The molecule has 3 aromatic rings. The Morgan fingerprint density at radius 1 is 1.15 bits per heavy atom. The van der Waals surface area contributed by atoms with Gasteiger partial charge in [-0.15, -0.1) is 10.2 Å². The number of amides is 1. The summed E-state index contributed by atoms with van der Waals surface area (Å²) in [6, 6.07) is 1.16. The van der Waals surface area contributed by atoms with Gasteiger partial charge in [0, 0.05) is 43.9 Å². The van der Waals surface area contributed by atoms with Gasteiger partial charge in [0.05, 0.1) is 5.56 Å². The minimum Gasteiger partial charge on any atom is -0.502 e. The molecule has 0 unspecified atom stereocenters. The van der Waals surface area contributed by atoms with E-state index in [4.69, 9.17) is 0 Å². The number of carbonyl (C=O) groups excluding carboxylic acids is 1. The number of pyridine rings is 1. The van der Waals surface area contributed by atoms with Crippen molar-refractivity contribution in [3.05, 3.63) is 62.3 Å². The predicted molar refractivity (Wildman–Crippen MR) is 118 cm³/mol. The normalized spacial score (nSPS) is 19.9. The third kappa shape index (κ3) is 3.52. The van der Waals surface area contributed by atoms with Crippen LogP contribution in [0.4, 0.5) is 13.2 Å². The fourth-order valence-corrected chi connectivity index (χ4v) is 5.37. The average molecular weight is 491 g/mol. The SMILES string of the molecule is C[C@H]1CC[C@H]2N(C)C(=O)c3c(O)c(=O)c(-c4nnc(Cc5c(F)cc(F)cc5F)s4)cn3N2C1. The number of benzene rings is 1. The molecular formula is C22H20F3N5O3S. The lowest BCUT2D eigenvalue weighted by Crippen LogP contribution is -2.62. The highest BCUT2D eigenvalue weighted by molar-refractivity contribution is 7.14. The molecule has 2 aromatic heterocycles. The van der Waals surface area contributed by atoms with E-state index in [-0.39, 0.29) is 39.4 Å². The van der Waals surface area contributed by atoms with Crippen LogP contribution < -0.4 is 10.4 Å². The maximum Gasteiger partial charge on any atom is 0.277 e. The Kier molecular flexibility index (Phi) is 5.34. The third-order valence-electron chi connectivity index (χ3n) is 6.30. The summed E-state index contributed by atoms with van der Waals surface area (Å²) in [7, 11) is 1.64. The van der Waals surface area contributed by atoms with Crippen LogP contribution in [0.15, 0.2) is 23.1 Å². The Morgan fingerprint density at radius 2 is 1.85 bits per heavy atom. The van der Waals surface area contributed by atoms with E-state index in [1.165, 1.54) is 15.8 Å². The lowest BCUT2D eigenvalue weighted by molar-refractivity contribution is 0.0568. The van der Waals surface area contributed by atoms with E-state index >= 15 is 0 Å². The molecule has 1 aromatic carbocycles. The summed E-state index contributed by atoms with van der Waals surface area (Å²) in [5, 5.41) is 20.8. The molecule has 2 aliphatic heterocycles. The lowest BCUT2D eigenvalue weighted by Gasteiger charge is -2.49. The van der Waals surface area contributed by atoms with Crippen molar-refractivity contribution in [1.82, 2.24) is 19.8 Å². The first-order chi connectivity index (χ1) is 16.2. The van der Waals surface area contributed by atoms with Gasteiger partial charge in [0.15, 0.2) is 16.5 Å². The van der Waals surface area contributed by atoms with Gasteiger partial charge in [0.1, 0.15) is 28.6 Å². The fourth-order valence-electron chi connectivity index (χ4n) is 4.51. The second-order valence-electron chi connectivity index (χ2n) is 8.64. The van der Waals surface area contributed by atoms with Crippen molar-refractivity contribution >= 4 is 17.2 Å². The highest BCUT2D eigenvalue weighted by atomic mass is 32.1. The third-order valence-corrected chi connectivity index (χ3v) is 7.26. The summed E-state index contributed by atoms with van der Waals surface area (Å²) in [6.07, 6.45) is 2.62. The highest BCUT2D eigenvalue weighted by Gasteiger charge is 2.41. The molecule has 0 saturated carbocycles. The maximum absolute atomic E-state index is 14.0. The second kappa shape index (κ2) is 8.12. The Morgan fingerprint density at radius 3 is 2.56 bits per heavy atom. The van der Waals surface area contributed by atoms with Crippen LogP contribution in [0.1, 0.15) is 40.8 Å². The number of piperidine rings is 1. The van der Waals surface area contributed by atoms with Crippen LogP contribution in [-0.4, -0.2) is 50.5 Å². The summed E-state index contributed by atoms with van der Waals surface area (Å²) in [5.41, 5.74) is -1.27. The number of carbonyl (C=O) groups is 1. The zero-order chi connectivity index (χ0) is 24.3. The first-order valence-corrected chi connectivity index (χ1v) is 11.5. The van der Waals surface area contributed by atoms with Crippen LogP contribution in [0.5, 0.6) is 5.75 Å². The monoisotopic (exact) mass is 491 g/mol. The predicted octanol–water partition coefficient (Wildman–Crippen LogP) is 2.86. The minimum absolute atomic E-state index is 0.0133. The van der Waals surface area contributed by atoms with Crippen molar-refractivity contribution < 1.29 is 23.1 Å². The molecule has 0 radical (unpaired) electrons. The van der Waals surface area contributed by atoms with Crippen molar-refractivity contribution in [2.45, 2.75) is 32.4 Å². The molecule has 8 nitrogen and oxygen atoms in total. The average Bonchev–Trinajstić information content (AvgIpc) is 3.24. The molecule has 1 saturated heterocycles. The molecule has 4 heterocycles. The summed E-state index contributed by atoms with van der Waals surface area (Å²) < 4.78 is 42.8. The smallest absolute Gasteiger partial charge is 0.277 e. The molecule has 0 aliphatic carbocycles. The molecule has 1 N–H and O–H groups in total.